The van der Waals surface area contributed by atoms with Crippen LogP contribution in [-0.4, -0.2) is 49.6 Å². The van der Waals surface area contributed by atoms with Crippen molar-refractivity contribution in [3.63, 3.8) is 0 Å². The van der Waals surface area contributed by atoms with Gasteiger partial charge in [-0.05, 0) is 40.0 Å². The zero-order chi connectivity index (χ0) is 26.8. The Morgan fingerprint density at radius 3 is 2.26 bits per heavy atom. The van der Waals surface area contributed by atoms with E-state index in [1.165, 1.54) is 19.3 Å². The molecule has 0 atom stereocenters. The lowest BCUT2D eigenvalue weighted by atomic mass is 9.98. The molecule has 0 bridgehead atoms. The van der Waals surface area contributed by atoms with Crippen LogP contribution in [0.4, 0.5) is 0 Å². The first-order valence-corrected chi connectivity index (χ1v) is 13.6. The lowest BCUT2D eigenvalue weighted by Crippen LogP contribution is -2.32. The molecule has 0 radical (unpaired) electrons. The fourth-order valence-electron chi connectivity index (χ4n) is 4.72. The summed E-state index contributed by atoms with van der Waals surface area (Å²) in [6.45, 7) is 5.21. The molecule has 4 rings (SSSR count). The Hall–Kier alpha value is -3.43. The average molecular weight is 518 g/mol. The Kier molecular flexibility index (Phi) is 9.73. The maximum Gasteiger partial charge on any atom is 0.231 e. The summed E-state index contributed by atoms with van der Waals surface area (Å²) in [4.78, 5) is 4.98. The minimum atomic E-state index is -0.928. The number of aromatic nitrogens is 7. The van der Waals surface area contributed by atoms with Crippen molar-refractivity contribution in [1.29, 1.82) is 0 Å². The summed E-state index contributed by atoms with van der Waals surface area (Å²) in [7, 11) is 3.35. The Morgan fingerprint density at radius 2 is 1.61 bits per heavy atom. The molecule has 0 saturated carbocycles. The van der Waals surface area contributed by atoms with Crippen LogP contribution in [0.25, 0.3) is 22.5 Å². The molecule has 1 N–H and O–H groups in total. The van der Waals surface area contributed by atoms with Crippen LogP contribution in [0.1, 0.15) is 76.0 Å². The van der Waals surface area contributed by atoms with E-state index in [0.717, 1.165) is 53.9 Å². The third-order valence-electron chi connectivity index (χ3n) is 6.99. The third-order valence-corrected chi connectivity index (χ3v) is 6.99. The first-order chi connectivity index (χ1) is 18.6. The number of methoxy groups -OCH3 is 2. The van der Waals surface area contributed by atoms with Crippen molar-refractivity contribution >= 4 is 0 Å². The summed E-state index contributed by atoms with van der Waals surface area (Å²) >= 11 is 0. The number of aryl methyl sites for hydroxylation is 1. The summed E-state index contributed by atoms with van der Waals surface area (Å²) in [5, 5.41) is 19.3. The number of hydrogen-bond acceptors (Lipinski definition) is 7. The van der Waals surface area contributed by atoms with Crippen LogP contribution in [0.15, 0.2) is 48.5 Å². The van der Waals surface area contributed by atoms with E-state index in [9.17, 15) is 0 Å². The van der Waals surface area contributed by atoms with Crippen LogP contribution >= 0.6 is 0 Å². The van der Waals surface area contributed by atoms with Crippen molar-refractivity contribution in [2.45, 2.75) is 77.5 Å². The number of unbranched alkanes of at least 4 members (excludes halogenated alkanes) is 4. The van der Waals surface area contributed by atoms with Crippen LogP contribution in [0.2, 0.25) is 0 Å². The SMILES string of the molecule is CCCCCCn1nc(C(CCCC)(OC)OC)nc1Cc1ccc(-c2ccccc2-c2nnn[nH]2)cc1. The van der Waals surface area contributed by atoms with Gasteiger partial charge in [-0.1, -0.05) is 88.1 Å². The van der Waals surface area contributed by atoms with Gasteiger partial charge in [0.2, 0.25) is 11.6 Å². The molecule has 9 heteroatoms. The zero-order valence-electron chi connectivity index (χ0n) is 23.0. The highest BCUT2D eigenvalue weighted by atomic mass is 16.7. The van der Waals surface area contributed by atoms with Crippen LogP contribution < -0.4 is 0 Å². The number of nitrogens with one attached hydrogen (secondary N) is 1. The van der Waals surface area contributed by atoms with Gasteiger partial charge in [0.15, 0.2) is 5.82 Å². The number of nitrogens with zero attached hydrogens (tertiary/aromatic N) is 6. The van der Waals surface area contributed by atoms with E-state index in [2.05, 4.69) is 64.8 Å². The predicted molar refractivity (Wildman–Crippen MR) is 147 cm³/mol. The second-order valence-corrected chi connectivity index (χ2v) is 9.57. The van der Waals surface area contributed by atoms with Gasteiger partial charge in [-0.25, -0.2) is 14.8 Å². The Bertz CT molecular complexity index is 1250. The minimum absolute atomic E-state index is 0.604. The molecule has 0 aliphatic rings. The van der Waals surface area contributed by atoms with E-state index in [0.29, 0.717) is 24.5 Å². The van der Waals surface area contributed by atoms with Gasteiger partial charge in [0, 0.05) is 39.2 Å². The number of H-pyrrole nitrogens is 1. The minimum Gasteiger partial charge on any atom is -0.347 e. The number of aromatic amines is 1. The van der Waals surface area contributed by atoms with Crippen LogP contribution in [0, 0.1) is 0 Å². The summed E-state index contributed by atoms with van der Waals surface area (Å²) in [5.41, 5.74) is 4.29. The van der Waals surface area contributed by atoms with Gasteiger partial charge in [-0.2, -0.15) is 5.10 Å². The normalized spacial score (nSPS) is 11.8. The highest BCUT2D eigenvalue weighted by Crippen LogP contribution is 2.32. The van der Waals surface area contributed by atoms with Gasteiger partial charge in [-0.3, -0.25) is 0 Å². The monoisotopic (exact) mass is 517 g/mol. The highest BCUT2D eigenvalue weighted by molar-refractivity contribution is 5.80. The molecule has 9 nitrogen and oxygen atoms in total. The van der Waals surface area contributed by atoms with Crippen molar-refractivity contribution in [3.05, 3.63) is 65.7 Å². The molecule has 0 amide bonds. The van der Waals surface area contributed by atoms with E-state index < -0.39 is 5.79 Å². The Balaban J connectivity index is 1.60. The molecule has 4 aromatic rings. The van der Waals surface area contributed by atoms with E-state index in [1.807, 2.05) is 22.9 Å². The number of benzene rings is 2. The van der Waals surface area contributed by atoms with Crippen molar-refractivity contribution in [1.82, 2.24) is 35.4 Å². The number of hydrogen-bond donors (Lipinski definition) is 1. The fourth-order valence-corrected chi connectivity index (χ4v) is 4.72. The zero-order valence-corrected chi connectivity index (χ0v) is 23.0. The van der Waals surface area contributed by atoms with Gasteiger partial charge in [0.05, 0.1) is 0 Å². The van der Waals surface area contributed by atoms with Gasteiger partial charge in [0.25, 0.3) is 0 Å². The average Bonchev–Trinajstić information content (AvgIpc) is 3.64. The standard InChI is InChI=1S/C29H39N7O2/c1-5-7-9-12-20-36-26(30-28(33-36)29(37-3,38-4)19-8-6-2)21-22-15-17-23(18-16-22)24-13-10-11-14-25(24)27-31-34-35-32-27/h10-11,13-18H,5-9,12,19-21H2,1-4H3,(H,31,32,34,35). The van der Waals surface area contributed by atoms with Crippen LogP contribution in [0.5, 0.6) is 0 Å². The summed E-state index contributed by atoms with van der Waals surface area (Å²) in [5.74, 6) is 1.25. The third kappa shape index (κ3) is 6.34. The maximum absolute atomic E-state index is 5.87. The molecule has 0 spiro atoms. The molecular weight excluding hydrogens is 478 g/mol. The molecule has 0 aliphatic carbocycles. The van der Waals surface area contributed by atoms with Crippen molar-refractivity contribution < 1.29 is 9.47 Å². The number of rotatable bonds is 15. The van der Waals surface area contributed by atoms with Gasteiger partial charge in [-0.15, -0.1) is 5.10 Å². The van der Waals surface area contributed by atoms with Crippen molar-refractivity contribution in [2.24, 2.45) is 0 Å². The van der Waals surface area contributed by atoms with E-state index in [-0.39, 0.29) is 0 Å². The predicted octanol–water partition coefficient (Wildman–Crippen LogP) is 5.93. The van der Waals surface area contributed by atoms with Crippen molar-refractivity contribution in [3.8, 4) is 22.5 Å². The molecule has 2 heterocycles. The van der Waals surface area contributed by atoms with Crippen LogP contribution in [-0.2, 0) is 28.2 Å². The molecule has 0 aliphatic heterocycles. The summed E-state index contributed by atoms with van der Waals surface area (Å²) in [6.07, 6.45) is 8.06. The lowest BCUT2D eigenvalue weighted by Gasteiger charge is -2.27. The molecular formula is C29H39N7O2. The molecule has 0 unspecified atom stereocenters. The highest BCUT2D eigenvalue weighted by Gasteiger charge is 2.37. The van der Waals surface area contributed by atoms with Crippen molar-refractivity contribution in [2.75, 3.05) is 14.2 Å². The Labute approximate surface area is 225 Å². The van der Waals surface area contributed by atoms with E-state index in [4.69, 9.17) is 19.6 Å². The van der Waals surface area contributed by atoms with E-state index >= 15 is 0 Å². The first kappa shape index (κ1) is 27.6. The molecule has 2 aromatic heterocycles. The lowest BCUT2D eigenvalue weighted by molar-refractivity contribution is -0.226. The van der Waals surface area contributed by atoms with Gasteiger partial charge < -0.3 is 9.47 Å². The molecule has 2 aromatic carbocycles. The largest absolute Gasteiger partial charge is 0.347 e. The molecule has 0 saturated heterocycles. The Morgan fingerprint density at radius 1 is 0.868 bits per heavy atom. The number of tetrazole rings is 1. The quantitative estimate of drug-likeness (QED) is 0.154. The molecule has 202 valence electrons. The smallest absolute Gasteiger partial charge is 0.231 e. The second-order valence-electron chi connectivity index (χ2n) is 9.57. The van der Waals surface area contributed by atoms with E-state index in [1.54, 1.807) is 14.2 Å². The summed E-state index contributed by atoms with van der Waals surface area (Å²) < 4.78 is 13.8. The topological polar surface area (TPSA) is 104 Å². The van der Waals surface area contributed by atoms with Gasteiger partial charge >= 0.3 is 0 Å². The first-order valence-electron chi connectivity index (χ1n) is 13.6. The maximum atomic E-state index is 5.87. The molecule has 38 heavy (non-hydrogen) atoms. The summed E-state index contributed by atoms with van der Waals surface area (Å²) in [6, 6.07) is 16.7. The second kappa shape index (κ2) is 13.4. The fraction of sp³-hybridized carbons (Fsp3) is 0.483. The van der Waals surface area contributed by atoms with Crippen LogP contribution in [0.3, 0.4) is 0 Å². The van der Waals surface area contributed by atoms with Gasteiger partial charge in [0.1, 0.15) is 5.82 Å². The number of ether oxygens (including phenoxy) is 2. The molecule has 0 fully saturated rings.